The number of rotatable bonds is 3. The number of aromatic nitrogens is 3. The second-order valence-corrected chi connectivity index (χ2v) is 4.82. The number of fused-ring (bicyclic) bond motifs is 1. The van der Waals surface area contributed by atoms with Gasteiger partial charge in [0.25, 0.3) is 5.91 Å². The molecule has 5 nitrogen and oxygen atoms in total. The Balaban J connectivity index is 1.96. The van der Waals surface area contributed by atoms with Gasteiger partial charge in [0.2, 0.25) is 0 Å². The fourth-order valence-corrected chi connectivity index (χ4v) is 2.37. The first-order valence-electron chi connectivity index (χ1n) is 6.88. The van der Waals surface area contributed by atoms with Gasteiger partial charge in [-0.05, 0) is 44.2 Å². The quantitative estimate of drug-likeness (QED) is 0.802. The molecule has 0 saturated carbocycles. The van der Waals surface area contributed by atoms with Crippen LogP contribution in [0.4, 0.5) is 5.69 Å². The van der Waals surface area contributed by atoms with Gasteiger partial charge in [-0.1, -0.05) is 6.07 Å². The van der Waals surface area contributed by atoms with E-state index in [0.29, 0.717) is 12.2 Å². The molecule has 0 aliphatic heterocycles. The number of anilines is 1. The Bertz CT molecular complexity index is 802. The first-order chi connectivity index (χ1) is 10.2. The lowest BCUT2D eigenvalue weighted by Gasteiger charge is -2.09. The zero-order valence-electron chi connectivity index (χ0n) is 12.0. The van der Waals surface area contributed by atoms with Crippen LogP contribution in [0, 0.1) is 6.92 Å². The van der Waals surface area contributed by atoms with Gasteiger partial charge in [-0.25, -0.2) is 0 Å². The summed E-state index contributed by atoms with van der Waals surface area (Å²) in [4.78, 5) is 16.7. The molecule has 3 rings (SSSR count). The number of nitrogens with one attached hydrogen (secondary N) is 1. The average Bonchev–Trinajstić information content (AvgIpc) is 2.89. The highest BCUT2D eigenvalue weighted by Gasteiger charge is 2.14. The Morgan fingerprint density at radius 1 is 1.29 bits per heavy atom. The highest BCUT2D eigenvalue weighted by Crippen LogP contribution is 2.22. The third-order valence-electron chi connectivity index (χ3n) is 3.33. The van der Waals surface area contributed by atoms with Crippen molar-refractivity contribution in [3.05, 3.63) is 54.0 Å². The highest BCUT2D eigenvalue weighted by molar-refractivity contribution is 6.07. The molecule has 1 aromatic carbocycles. The molecule has 2 aromatic heterocycles. The van der Waals surface area contributed by atoms with Crippen molar-refractivity contribution in [3.63, 3.8) is 0 Å². The summed E-state index contributed by atoms with van der Waals surface area (Å²) >= 11 is 0. The minimum atomic E-state index is -0.159. The summed E-state index contributed by atoms with van der Waals surface area (Å²) < 4.78 is 1.70. The molecule has 2 heterocycles. The lowest BCUT2D eigenvalue weighted by molar-refractivity contribution is 0.101. The summed E-state index contributed by atoms with van der Waals surface area (Å²) in [6, 6.07) is 11.3. The van der Waals surface area contributed by atoms with Crippen molar-refractivity contribution in [2.45, 2.75) is 20.4 Å². The van der Waals surface area contributed by atoms with Crippen molar-refractivity contribution in [2.24, 2.45) is 0 Å². The van der Waals surface area contributed by atoms with Crippen molar-refractivity contribution in [1.82, 2.24) is 14.8 Å². The third kappa shape index (κ3) is 2.50. The predicted molar refractivity (Wildman–Crippen MR) is 82.3 cm³/mol. The van der Waals surface area contributed by atoms with Crippen LogP contribution in [-0.2, 0) is 6.54 Å². The van der Waals surface area contributed by atoms with E-state index in [1.165, 1.54) is 0 Å². The topological polar surface area (TPSA) is 59.8 Å². The van der Waals surface area contributed by atoms with E-state index in [9.17, 15) is 4.79 Å². The van der Waals surface area contributed by atoms with E-state index in [1.807, 2.05) is 44.2 Å². The maximum atomic E-state index is 12.5. The van der Waals surface area contributed by atoms with E-state index in [4.69, 9.17) is 0 Å². The van der Waals surface area contributed by atoms with E-state index in [1.54, 1.807) is 16.9 Å². The normalized spacial score (nSPS) is 10.8. The maximum Gasteiger partial charge on any atom is 0.273 e. The highest BCUT2D eigenvalue weighted by atomic mass is 16.2. The Hall–Kier alpha value is -2.69. The van der Waals surface area contributed by atoms with Crippen LogP contribution in [-0.4, -0.2) is 20.7 Å². The zero-order chi connectivity index (χ0) is 14.8. The van der Waals surface area contributed by atoms with Crippen LogP contribution < -0.4 is 5.32 Å². The minimum Gasteiger partial charge on any atom is -0.320 e. The molecule has 0 unspecified atom stereocenters. The molecule has 3 aromatic rings. The second kappa shape index (κ2) is 5.36. The number of aryl methyl sites for hydroxylation is 2. The summed E-state index contributed by atoms with van der Waals surface area (Å²) in [6.45, 7) is 4.50. The van der Waals surface area contributed by atoms with Crippen LogP contribution in [0.1, 0.15) is 23.1 Å². The molecule has 1 N–H and O–H groups in total. The van der Waals surface area contributed by atoms with Gasteiger partial charge in [0, 0.05) is 18.1 Å². The van der Waals surface area contributed by atoms with Crippen molar-refractivity contribution in [2.75, 3.05) is 5.32 Å². The fourth-order valence-electron chi connectivity index (χ4n) is 2.37. The first kappa shape index (κ1) is 13.3. The molecule has 0 atom stereocenters. The van der Waals surface area contributed by atoms with E-state index >= 15 is 0 Å². The van der Waals surface area contributed by atoms with Gasteiger partial charge in [0.05, 0.1) is 16.9 Å². The van der Waals surface area contributed by atoms with E-state index in [-0.39, 0.29) is 5.91 Å². The summed E-state index contributed by atoms with van der Waals surface area (Å²) in [5.74, 6) is -0.159. The van der Waals surface area contributed by atoms with Gasteiger partial charge < -0.3 is 5.32 Å². The number of carbonyl (C=O) groups is 1. The van der Waals surface area contributed by atoms with Crippen LogP contribution in [0.2, 0.25) is 0 Å². The largest absolute Gasteiger partial charge is 0.320 e. The van der Waals surface area contributed by atoms with Gasteiger partial charge in [-0.15, -0.1) is 0 Å². The molecule has 0 saturated heterocycles. The van der Waals surface area contributed by atoms with Crippen LogP contribution in [0.15, 0.2) is 42.6 Å². The summed E-state index contributed by atoms with van der Waals surface area (Å²) in [7, 11) is 0. The monoisotopic (exact) mass is 280 g/mol. The number of benzene rings is 1. The number of pyridine rings is 1. The molecule has 21 heavy (non-hydrogen) atoms. The Morgan fingerprint density at radius 2 is 2.14 bits per heavy atom. The summed E-state index contributed by atoms with van der Waals surface area (Å²) in [5.41, 5.74) is 3.01. The number of carbonyl (C=O) groups excluding carboxylic acids is 1. The molecule has 0 fully saturated rings. The Morgan fingerprint density at radius 3 is 2.95 bits per heavy atom. The molecule has 0 aliphatic carbocycles. The van der Waals surface area contributed by atoms with Gasteiger partial charge in [0.15, 0.2) is 0 Å². The number of hydrogen-bond acceptors (Lipinski definition) is 3. The molecule has 0 radical (unpaired) electrons. The molecule has 0 aliphatic rings. The lowest BCUT2D eigenvalue weighted by atomic mass is 10.2. The van der Waals surface area contributed by atoms with Crippen LogP contribution in [0.5, 0.6) is 0 Å². The molecule has 106 valence electrons. The van der Waals surface area contributed by atoms with E-state index in [2.05, 4.69) is 15.4 Å². The first-order valence-corrected chi connectivity index (χ1v) is 6.88. The molecule has 1 amide bonds. The van der Waals surface area contributed by atoms with Crippen LogP contribution in [0.25, 0.3) is 10.9 Å². The third-order valence-corrected chi connectivity index (χ3v) is 3.33. The van der Waals surface area contributed by atoms with Crippen molar-refractivity contribution in [1.29, 1.82) is 0 Å². The number of amides is 1. The number of hydrogen-bond donors (Lipinski definition) is 1. The second-order valence-electron chi connectivity index (χ2n) is 4.82. The minimum absolute atomic E-state index is 0.159. The number of nitrogens with zero attached hydrogens (tertiary/aromatic N) is 3. The van der Waals surface area contributed by atoms with Crippen molar-refractivity contribution < 1.29 is 4.79 Å². The van der Waals surface area contributed by atoms with Crippen molar-refractivity contribution >= 4 is 22.5 Å². The Kier molecular flexibility index (Phi) is 3.39. The molecular weight excluding hydrogens is 264 g/mol. The summed E-state index contributed by atoms with van der Waals surface area (Å²) in [5, 5.41) is 8.17. The van der Waals surface area contributed by atoms with Gasteiger partial charge in [-0.3, -0.25) is 14.5 Å². The fraction of sp³-hybridized carbons (Fsp3) is 0.188. The molecule has 0 bridgehead atoms. The maximum absolute atomic E-state index is 12.5. The van der Waals surface area contributed by atoms with Gasteiger partial charge >= 0.3 is 0 Å². The smallest absolute Gasteiger partial charge is 0.273 e. The average molecular weight is 280 g/mol. The van der Waals surface area contributed by atoms with E-state index < -0.39 is 0 Å². The lowest BCUT2D eigenvalue weighted by Crippen LogP contribution is -2.17. The van der Waals surface area contributed by atoms with Gasteiger partial charge in [0.1, 0.15) is 5.69 Å². The van der Waals surface area contributed by atoms with Crippen LogP contribution in [0.3, 0.4) is 0 Å². The van der Waals surface area contributed by atoms with E-state index in [0.717, 1.165) is 22.3 Å². The standard InChI is InChI=1S/C16H16N4O/c1-3-20-15(10-11(2)19-20)16(21)18-14-8-4-7-13-12(14)6-5-9-17-13/h4-10H,3H2,1-2H3,(H,18,21). The molecular formula is C16H16N4O. The predicted octanol–water partition coefficient (Wildman–Crippen LogP) is 3.01. The van der Waals surface area contributed by atoms with Crippen LogP contribution >= 0.6 is 0 Å². The molecule has 0 spiro atoms. The zero-order valence-corrected chi connectivity index (χ0v) is 12.0. The SMILES string of the molecule is CCn1nc(C)cc1C(=O)Nc1cccc2ncccc12. The Labute approximate surface area is 122 Å². The van der Waals surface area contributed by atoms with Crippen molar-refractivity contribution in [3.8, 4) is 0 Å². The van der Waals surface area contributed by atoms with Gasteiger partial charge in [-0.2, -0.15) is 5.10 Å². The molecule has 5 heteroatoms. The summed E-state index contributed by atoms with van der Waals surface area (Å²) in [6.07, 6.45) is 1.74.